The maximum Gasteiger partial charge on any atom is 0.124 e. The van der Waals surface area contributed by atoms with Crippen LogP contribution in [0.1, 0.15) is 5.56 Å². The summed E-state index contributed by atoms with van der Waals surface area (Å²) in [4.78, 5) is 20.9. The lowest BCUT2D eigenvalue weighted by atomic mass is 10.1. The van der Waals surface area contributed by atoms with E-state index in [1.165, 1.54) is 12.1 Å². The molecule has 16 heavy (non-hydrogen) atoms. The molecule has 0 bridgehead atoms. The molecule has 0 spiro atoms. The highest BCUT2D eigenvalue weighted by molar-refractivity contribution is 7.43. The first kappa shape index (κ1) is 11.1. The molecule has 0 unspecified atom stereocenters. The van der Waals surface area contributed by atoms with Crippen molar-refractivity contribution in [3.05, 3.63) is 42.0 Å². The van der Waals surface area contributed by atoms with Crippen molar-refractivity contribution in [2.24, 2.45) is 0 Å². The Morgan fingerprint density at radius 3 is 2.38 bits per heavy atom. The molecule has 0 atom stereocenters. The van der Waals surface area contributed by atoms with Crippen LogP contribution in [0.4, 0.5) is 0 Å². The highest BCUT2D eigenvalue weighted by Gasteiger charge is 1.99. The summed E-state index contributed by atoms with van der Waals surface area (Å²) in [7, 11) is -4.98. The number of aryl methyl sites for hydroxylation is 1. The van der Waals surface area contributed by atoms with E-state index >= 15 is 0 Å². The zero-order chi connectivity index (χ0) is 11.8. The van der Waals surface area contributed by atoms with Gasteiger partial charge in [-0.1, -0.05) is 29.8 Å². The van der Waals surface area contributed by atoms with Gasteiger partial charge in [-0.05, 0) is 29.8 Å². The maximum atomic E-state index is 10.4. The predicted molar refractivity (Wildman–Crippen MR) is 56.9 cm³/mol. The van der Waals surface area contributed by atoms with Gasteiger partial charge in [-0.3, -0.25) is 0 Å². The first-order chi connectivity index (χ1) is 7.44. The van der Waals surface area contributed by atoms with Crippen LogP contribution in [0.3, 0.4) is 0 Å². The van der Waals surface area contributed by atoms with Gasteiger partial charge in [0.1, 0.15) is 13.6 Å². The van der Waals surface area contributed by atoms with Gasteiger partial charge in [0.15, 0.2) is 0 Å². The third kappa shape index (κ3) is 2.61. The van der Waals surface area contributed by atoms with E-state index in [2.05, 4.69) is 4.52 Å². The molecule has 0 aliphatic heterocycles. The molecule has 2 rings (SSSR count). The van der Waals surface area contributed by atoms with Crippen LogP contribution in [0.25, 0.3) is 10.8 Å². The third-order valence-electron chi connectivity index (χ3n) is 2.18. The molecule has 4 nitrogen and oxygen atoms in total. The number of fused-ring (bicyclic) bond motifs is 1. The van der Waals surface area contributed by atoms with Crippen LogP contribution in [-0.2, 0) is 4.57 Å². The molecule has 0 N–H and O–H groups in total. The summed E-state index contributed by atoms with van der Waals surface area (Å²) >= 11 is 0. The van der Waals surface area contributed by atoms with Gasteiger partial charge in [0.25, 0.3) is 0 Å². The van der Waals surface area contributed by atoms with Crippen molar-refractivity contribution in [2.45, 2.75) is 6.92 Å². The Kier molecular flexibility index (Phi) is 2.72. The standard InChI is InChI=1S/C11H11O4P/c1-8-2-3-10-7-11(15-16(12,13)14)5-4-9(10)6-8/h2-7H,1H3,(H2,12,13,14)/p-2. The van der Waals surface area contributed by atoms with Crippen LogP contribution in [0, 0.1) is 6.92 Å². The van der Waals surface area contributed by atoms with Gasteiger partial charge in [-0.15, -0.1) is 0 Å². The Morgan fingerprint density at radius 1 is 1.06 bits per heavy atom. The van der Waals surface area contributed by atoms with Crippen molar-refractivity contribution in [1.29, 1.82) is 0 Å². The summed E-state index contributed by atoms with van der Waals surface area (Å²) < 4.78 is 14.7. The fraction of sp³-hybridized carbons (Fsp3) is 0.0909. The van der Waals surface area contributed by atoms with Crippen molar-refractivity contribution in [3.8, 4) is 5.75 Å². The van der Waals surface area contributed by atoms with E-state index < -0.39 is 7.82 Å². The second-order valence-electron chi connectivity index (χ2n) is 3.55. The molecule has 0 heterocycles. The second kappa shape index (κ2) is 3.91. The summed E-state index contributed by atoms with van der Waals surface area (Å²) in [6.07, 6.45) is 0. The summed E-state index contributed by atoms with van der Waals surface area (Å²) in [5, 5.41) is 1.80. The molecule has 5 heteroatoms. The highest BCUT2D eigenvalue weighted by atomic mass is 31.2. The molecule has 0 fully saturated rings. The van der Waals surface area contributed by atoms with Crippen LogP contribution in [0.5, 0.6) is 5.75 Å². The van der Waals surface area contributed by atoms with Gasteiger partial charge in [-0.25, -0.2) is 0 Å². The van der Waals surface area contributed by atoms with E-state index in [9.17, 15) is 14.4 Å². The number of phosphoric acid groups is 1. The van der Waals surface area contributed by atoms with Gasteiger partial charge >= 0.3 is 0 Å². The van der Waals surface area contributed by atoms with Crippen LogP contribution in [-0.4, -0.2) is 0 Å². The number of phosphoric ester groups is 1. The molecule has 0 aromatic heterocycles. The normalized spacial score (nSPS) is 11.7. The van der Waals surface area contributed by atoms with Crippen molar-refractivity contribution in [1.82, 2.24) is 0 Å². The Bertz CT molecular complexity index is 573. The van der Waals surface area contributed by atoms with Crippen molar-refractivity contribution in [2.75, 3.05) is 0 Å². The molecule has 2 aromatic carbocycles. The number of rotatable bonds is 2. The van der Waals surface area contributed by atoms with E-state index in [4.69, 9.17) is 0 Å². The predicted octanol–water partition coefficient (Wildman–Crippen LogP) is 1.36. The van der Waals surface area contributed by atoms with Gasteiger partial charge in [0.2, 0.25) is 0 Å². The molecule has 0 aliphatic carbocycles. The fourth-order valence-corrected chi connectivity index (χ4v) is 1.90. The lowest BCUT2D eigenvalue weighted by Gasteiger charge is -2.29. The molecule has 0 aliphatic rings. The average Bonchev–Trinajstić information content (AvgIpc) is 2.16. The largest absolute Gasteiger partial charge is 0.780 e. The van der Waals surface area contributed by atoms with Gasteiger partial charge in [0.05, 0.1) is 0 Å². The van der Waals surface area contributed by atoms with Gasteiger partial charge < -0.3 is 18.9 Å². The van der Waals surface area contributed by atoms with E-state index in [1.807, 2.05) is 25.1 Å². The lowest BCUT2D eigenvalue weighted by Crippen LogP contribution is -2.18. The fourth-order valence-electron chi connectivity index (χ4n) is 1.53. The van der Waals surface area contributed by atoms with E-state index in [0.29, 0.717) is 0 Å². The van der Waals surface area contributed by atoms with Crippen LogP contribution in [0.15, 0.2) is 36.4 Å². The minimum Gasteiger partial charge on any atom is -0.780 e. The molecule has 0 saturated carbocycles. The van der Waals surface area contributed by atoms with E-state index in [-0.39, 0.29) is 5.75 Å². The Hall–Kier alpha value is -1.35. The van der Waals surface area contributed by atoms with Gasteiger partial charge in [0, 0.05) is 0 Å². The summed E-state index contributed by atoms with van der Waals surface area (Å²) in [6.45, 7) is 1.97. The van der Waals surface area contributed by atoms with Gasteiger partial charge in [-0.2, -0.15) is 0 Å². The molecule has 84 valence electrons. The van der Waals surface area contributed by atoms with Crippen molar-refractivity contribution < 1.29 is 18.9 Å². The summed E-state index contributed by atoms with van der Waals surface area (Å²) in [6, 6.07) is 10.4. The quantitative estimate of drug-likeness (QED) is 0.738. The molecule has 0 amide bonds. The minimum atomic E-state index is -4.98. The van der Waals surface area contributed by atoms with Crippen molar-refractivity contribution >= 4 is 18.6 Å². The second-order valence-corrected chi connectivity index (χ2v) is 4.63. The van der Waals surface area contributed by atoms with Crippen LogP contribution >= 0.6 is 7.82 Å². The number of benzene rings is 2. The summed E-state index contributed by atoms with van der Waals surface area (Å²) in [5.74, 6) is 0.0460. The van der Waals surface area contributed by atoms with Crippen LogP contribution < -0.4 is 14.3 Å². The van der Waals surface area contributed by atoms with E-state index in [1.54, 1.807) is 6.07 Å². The molecule has 0 radical (unpaired) electrons. The number of hydrogen-bond acceptors (Lipinski definition) is 4. The zero-order valence-electron chi connectivity index (χ0n) is 8.54. The molecular formula is C11H9O4P-2. The highest BCUT2D eigenvalue weighted by Crippen LogP contribution is 2.31. The zero-order valence-corrected chi connectivity index (χ0v) is 9.44. The molecular weight excluding hydrogens is 227 g/mol. The monoisotopic (exact) mass is 236 g/mol. The first-order valence-corrected chi connectivity index (χ1v) is 6.12. The van der Waals surface area contributed by atoms with Crippen LogP contribution in [0.2, 0.25) is 0 Å². The minimum absolute atomic E-state index is 0.0460. The lowest BCUT2D eigenvalue weighted by molar-refractivity contribution is -0.333. The Labute approximate surface area is 92.7 Å². The topological polar surface area (TPSA) is 72.4 Å². The number of hydrogen-bond donors (Lipinski definition) is 0. The van der Waals surface area contributed by atoms with E-state index in [0.717, 1.165) is 16.3 Å². The summed E-state index contributed by atoms with van der Waals surface area (Å²) in [5.41, 5.74) is 1.11. The average molecular weight is 236 g/mol. The smallest absolute Gasteiger partial charge is 0.124 e. The Balaban J connectivity index is 2.45. The Morgan fingerprint density at radius 2 is 1.69 bits per heavy atom. The molecule has 2 aromatic rings. The molecule has 0 saturated heterocycles. The maximum absolute atomic E-state index is 10.4. The third-order valence-corrected chi connectivity index (χ3v) is 2.62. The first-order valence-electron chi connectivity index (χ1n) is 4.66. The SMILES string of the molecule is Cc1ccc2cc(OP(=O)([O-])[O-])ccc2c1. The van der Waals surface area contributed by atoms with Crippen molar-refractivity contribution in [3.63, 3.8) is 0 Å².